The first-order valence-corrected chi connectivity index (χ1v) is 5.56. The molecule has 0 saturated heterocycles. The summed E-state index contributed by atoms with van der Waals surface area (Å²) in [5.74, 6) is -1.82. The molecule has 0 aliphatic heterocycles. The number of fused-ring (bicyclic) bond motifs is 1. The standard InChI is InChI=1S/C14H12F2O2.K/c1-8-2-3-9-4-5-10(7-11(9)6-8)12(13(15)16)14(17)18;/h2-3,6-7H,4-5H2,1H3,(H,17,18);/q;+1/p-1. The van der Waals surface area contributed by atoms with Crippen molar-refractivity contribution in [3.8, 4) is 0 Å². The monoisotopic (exact) mass is 288 g/mol. The largest absolute Gasteiger partial charge is 1.00 e. The predicted octanol–water partition coefficient (Wildman–Crippen LogP) is -0.771. The smallest absolute Gasteiger partial charge is 0.545 e. The zero-order valence-electron chi connectivity index (χ0n) is 10.8. The molecule has 0 N–H and O–H groups in total. The molecule has 1 aromatic carbocycles. The van der Waals surface area contributed by atoms with Crippen LogP contribution in [0.3, 0.4) is 0 Å². The van der Waals surface area contributed by atoms with Gasteiger partial charge in [-0.1, -0.05) is 29.8 Å². The quantitative estimate of drug-likeness (QED) is 0.530. The van der Waals surface area contributed by atoms with Gasteiger partial charge in [-0.25, -0.2) is 0 Å². The number of carbonyl (C=O) groups excluding carboxylic acids is 1. The van der Waals surface area contributed by atoms with E-state index in [4.69, 9.17) is 0 Å². The van der Waals surface area contributed by atoms with Gasteiger partial charge >= 0.3 is 51.4 Å². The molecule has 0 atom stereocenters. The number of carboxylic acid groups (broad SMARTS) is 1. The van der Waals surface area contributed by atoms with Crippen molar-refractivity contribution in [2.45, 2.75) is 19.8 Å². The van der Waals surface area contributed by atoms with E-state index in [9.17, 15) is 18.7 Å². The molecule has 1 aliphatic rings. The first-order valence-electron chi connectivity index (χ1n) is 5.56. The van der Waals surface area contributed by atoms with Crippen LogP contribution in [0.4, 0.5) is 8.78 Å². The third kappa shape index (κ3) is 3.83. The summed E-state index contributed by atoms with van der Waals surface area (Å²) in [7, 11) is 0. The Hall–Kier alpha value is -0.334. The van der Waals surface area contributed by atoms with Crippen molar-refractivity contribution >= 4 is 12.0 Å². The second kappa shape index (κ2) is 6.90. The van der Waals surface area contributed by atoms with Crippen LogP contribution in [-0.4, -0.2) is 5.97 Å². The summed E-state index contributed by atoms with van der Waals surface area (Å²) in [6.07, 6.45) is 0.163. The number of aliphatic carboxylic acids is 1. The Morgan fingerprint density at radius 3 is 2.53 bits per heavy atom. The minimum atomic E-state index is -2.20. The van der Waals surface area contributed by atoms with Gasteiger partial charge < -0.3 is 9.90 Å². The van der Waals surface area contributed by atoms with Gasteiger partial charge in [0.25, 0.3) is 6.08 Å². The van der Waals surface area contributed by atoms with Crippen LogP contribution in [0.2, 0.25) is 0 Å². The van der Waals surface area contributed by atoms with Crippen LogP contribution in [0.1, 0.15) is 23.1 Å². The van der Waals surface area contributed by atoms with E-state index in [1.54, 1.807) is 0 Å². The van der Waals surface area contributed by atoms with Crippen molar-refractivity contribution in [1.29, 1.82) is 0 Å². The van der Waals surface area contributed by atoms with Gasteiger partial charge in [0.2, 0.25) is 0 Å². The number of halogens is 2. The molecular formula is C14H11F2KO2. The van der Waals surface area contributed by atoms with Crippen molar-refractivity contribution in [3.05, 3.63) is 52.1 Å². The fourth-order valence-corrected chi connectivity index (χ4v) is 2.13. The van der Waals surface area contributed by atoms with E-state index in [2.05, 4.69) is 0 Å². The maximum atomic E-state index is 12.6. The van der Waals surface area contributed by atoms with E-state index >= 15 is 0 Å². The van der Waals surface area contributed by atoms with Crippen LogP contribution in [-0.2, 0) is 11.2 Å². The SMILES string of the molecule is Cc1ccc2c(c1)C=C(C(C(=O)[O-])=C(F)F)CC2.[K+]. The molecule has 0 saturated carbocycles. The van der Waals surface area contributed by atoms with Crippen LogP contribution in [0.5, 0.6) is 0 Å². The van der Waals surface area contributed by atoms with E-state index in [-0.39, 0.29) is 63.4 Å². The molecule has 0 heterocycles. The van der Waals surface area contributed by atoms with Gasteiger partial charge in [-0.2, -0.15) is 8.78 Å². The van der Waals surface area contributed by atoms with Crippen LogP contribution in [0, 0.1) is 6.92 Å². The molecule has 94 valence electrons. The average molecular weight is 288 g/mol. The topological polar surface area (TPSA) is 40.1 Å². The number of aryl methyl sites for hydroxylation is 2. The summed E-state index contributed by atoms with van der Waals surface area (Å²) in [4.78, 5) is 10.7. The third-order valence-corrected chi connectivity index (χ3v) is 3.01. The fraction of sp³-hybridized carbons (Fsp3) is 0.214. The Morgan fingerprint density at radius 2 is 1.95 bits per heavy atom. The van der Waals surface area contributed by atoms with Crippen molar-refractivity contribution in [2.75, 3.05) is 0 Å². The summed E-state index contributed by atoms with van der Waals surface area (Å²) in [5, 5.41) is 10.7. The van der Waals surface area contributed by atoms with E-state index < -0.39 is 17.6 Å². The van der Waals surface area contributed by atoms with E-state index in [1.165, 1.54) is 6.08 Å². The maximum absolute atomic E-state index is 12.6. The molecule has 1 aliphatic carbocycles. The van der Waals surface area contributed by atoms with Crippen LogP contribution >= 0.6 is 0 Å². The second-order valence-electron chi connectivity index (χ2n) is 4.29. The normalized spacial score (nSPS) is 12.9. The Bertz CT molecular complexity index is 573. The Balaban J connectivity index is 0.00000180. The molecule has 0 bridgehead atoms. The Morgan fingerprint density at radius 1 is 1.26 bits per heavy atom. The molecule has 1 aromatic rings. The van der Waals surface area contributed by atoms with Crippen molar-refractivity contribution in [1.82, 2.24) is 0 Å². The second-order valence-corrected chi connectivity index (χ2v) is 4.29. The van der Waals surface area contributed by atoms with Crippen molar-refractivity contribution in [2.24, 2.45) is 0 Å². The van der Waals surface area contributed by atoms with E-state index in [0.29, 0.717) is 6.42 Å². The molecule has 0 aromatic heterocycles. The number of hydrogen-bond acceptors (Lipinski definition) is 2. The maximum Gasteiger partial charge on any atom is 1.00 e. The van der Waals surface area contributed by atoms with E-state index in [0.717, 1.165) is 16.7 Å². The number of carboxylic acids is 1. The fourth-order valence-electron chi connectivity index (χ4n) is 2.13. The zero-order valence-corrected chi connectivity index (χ0v) is 13.9. The molecular weight excluding hydrogens is 277 g/mol. The van der Waals surface area contributed by atoms with Gasteiger partial charge in [0.1, 0.15) is 0 Å². The average Bonchev–Trinajstić information content (AvgIpc) is 2.27. The minimum absolute atomic E-state index is 0. The molecule has 0 amide bonds. The molecule has 5 heteroatoms. The van der Waals surface area contributed by atoms with E-state index in [1.807, 2.05) is 25.1 Å². The van der Waals surface area contributed by atoms with Crippen LogP contribution in [0.15, 0.2) is 35.4 Å². The van der Waals surface area contributed by atoms with Crippen LogP contribution in [0.25, 0.3) is 6.08 Å². The number of hydrogen-bond donors (Lipinski definition) is 0. The molecule has 0 unspecified atom stereocenters. The minimum Gasteiger partial charge on any atom is -0.545 e. The molecule has 0 fully saturated rings. The molecule has 0 spiro atoms. The van der Waals surface area contributed by atoms with Crippen molar-refractivity contribution < 1.29 is 70.1 Å². The Kier molecular flexibility index (Phi) is 6.07. The van der Waals surface area contributed by atoms with Crippen molar-refractivity contribution in [3.63, 3.8) is 0 Å². The number of benzene rings is 1. The van der Waals surface area contributed by atoms with Gasteiger partial charge in [-0.05, 0) is 36.5 Å². The third-order valence-electron chi connectivity index (χ3n) is 3.01. The zero-order chi connectivity index (χ0) is 13.3. The predicted molar refractivity (Wildman–Crippen MR) is 61.7 cm³/mol. The number of carbonyl (C=O) groups is 1. The summed E-state index contributed by atoms with van der Waals surface area (Å²) < 4.78 is 25.2. The molecule has 2 nitrogen and oxygen atoms in total. The summed E-state index contributed by atoms with van der Waals surface area (Å²) in [6.45, 7) is 1.90. The Labute approximate surface area is 152 Å². The van der Waals surface area contributed by atoms with Gasteiger partial charge in [0.05, 0.1) is 11.5 Å². The summed E-state index contributed by atoms with van der Waals surface area (Å²) in [5.41, 5.74) is 2.01. The summed E-state index contributed by atoms with van der Waals surface area (Å²) >= 11 is 0. The van der Waals surface area contributed by atoms with Gasteiger partial charge in [0, 0.05) is 0 Å². The van der Waals surface area contributed by atoms with Gasteiger partial charge in [-0.3, -0.25) is 0 Å². The first-order chi connectivity index (χ1) is 8.49. The number of rotatable bonds is 2. The molecule has 19 heavy (non-hydrogen) atoms. The molecule has 0 radical (unpaired) electrons. The van der Waals surface area contributed by atoms with Crippen LogP contribution < -0.4 is 56.5 Å². The summed E-state index contributed by atoms with van der Waals surface area (Å²) in [6, 6.07) is 5.74. The van der Waals surface area contributed by atoms with Gasteiger partial charge in [-0.15, -0.1) is 0 Å². The first kappa shape index (κ1) is 16.7. The molecule has 2 rings (SSSR count). The van der Waals surface area contributed by atoms with Gasteiger partial charge in [0.15, 0.2) is 0 Å².